The molecule has 7 nitrogen and oxygen atoms in total. The molecule has 1 aromatic carbocycles. The zero-order valence-electron chi connectivity index (χ0n) is 13.9. The van der Waals surface area contributed by atoms with Crippen LogP contribution in [0.1, 0.15) is 18.5 Å². The van der Waals surface area contributed by atoms with E-state index in [1.807, 2.05) is 11.8 Å². The van der Waals surface area contributed by atoms with Gasteiger partial charge in [0.1, 0.15) is 23.6 Å². The van der Waals surface area contributed by atoms with Gasteiger partial charge in [-0.3, -0.25) is 0 Å². The summed E-state index contributed by atoms with van der Waals surface area (Å²) in [5.74, 6) is 1.26. The molecule has 0 unspecified atom stereocenters. The minimum absolute atomic E-state index is 0.138. The van der Waals surface area contributed by atoms with E-state index in [1.165, 1.54) is 12.1 Å². The van der Waals surface area contributed by atoms with Crippen LogP contribution in [0.25, 0.3) is 0 Å². The molecule has 3 rings (SSSR count). The molecule has 2 heterocycles. The fraction of sp³-hybridized carbons (Fsp3) is 0.235. The van der Waals surface area contributed by atoms with E-state index >= 15 is 0 Å². The summed E-state index contributed by atoms with van der Waals surface area (Å²) in [6, 6.07) is 6.04. The summed E-state index contributed by atoms with van der Waals surface area (Å²) < 4.78 is 24.5. The van der Waals surface area contributed by atoms with Crippen molar-refractivity contribution in [3.8, 4) is 5.75 Å². The van der Waals surface area contributed by atoms with Crippen molar-refractivity contribution in [1.29, 1.82) is 0 Å². The Hall–Kier alpha value is -3.16. The quantitative estimate of drug-likeness (QED) is 0.735. The summed E-state index contributed by atoms with van der Waals surface area (Å²) >= 11 is 0. The second-order valence-corrected chi connectivity index (χ2v) is 5.26. The van der Waals surface area contributed by atoms with Gasteiger partial charge in [-0.2, -0.15) is 4.98 Å². The molecule has 0 aliphatic heterocycles. The number of rotatable bonds is 6. The molecule has 2 N–H and O–H groups in total. The van der Waals surface area contributed by atoms with Crippen molar-refractivity contribution < 1.29 is 13.5 Å². The van der Waals surface area contributed by atoms with Crippen LogP contribution in [0.3, 0.4) is 0 Å². The van der Waals surface area contributed by atoms with Crippen LogP contribution < -0.4 is 15.4 Å². The maximum Gasteiger partial charge on any atom is 0.221 e. The number of hydrogen-bond acceptors (Lipinski definition) is 7. The molecule has 0 spiro atoms. The summed E-state index contributed by atoms with van der Waals surface area (Å²) in [5, 5.41) is 0. The van der Waals surface area contributed by atoms with Gasteiger partial charge in [0.25, 0.3) is 0 Å². The number of anilines is 3. The topological polar surface area (TPSA) is 90.3 Å². The third-order valence-electron chi connectivity index (χ3n) is 3.44. The average Bonchev–Trinajstić information content (AvgIpc) is 2.99. The Balaban J connectivity index is 2.07. The number of aromatic nitrogens is 3. The lowest BCUT2D eigenvalue weighted by molar-refractivity contribution is 0.339. The fourth-order valence-electron chi connectivity index (χ4n) is 2.43. The summed E-state index contributed by atoms with van der Waals surface area (Å²) in [6.45, 7) is 4.35. The fourth-order valence-corrected chi connectivity index (χ4v) is 2.43. The van der Waals surface area contributed by atoms with Gasteiger partial charge in [-0.1, -0.05) is 0 Å². The van der Waals surface area contributed by atoms with Crippen LogP contribution in [-0.4, -0.2) is 21.6 Å². The lowest BCUT2D eigenvalue weighted by Gasteiger charge is -2.25. The Labute approximate surface area is 144 Å². The van der Waals surface area contributed by atoms with Gasteiger partial charge in [0, 0.05) is 19.2 Å². The smallest absolute Gasteiger partial charge is 0.221 e. The van der Waals surface area contributed by atoms with Gasteiger partial charge in [-0.25, -0.2) is 14.4 Å². The van der Waals surface area contributed by atoms with Gasteiger partial charge >= 0.3 is 0 Å². The van der Waals surface area contributed by atoms with Crippen molar-refractivity contribution in [2.24, 2.45) is 0 Å². The highest BCUT2D eigenvalue weighted by Crippen LogP contribution is 2.35. The number of nitrogens with zero attached hydrogens (tertiary/aromatic N) is 4. The molecule has 0 radical (unpaired) electrons. The van der Waals surface area contributed by atoms with E-state index in [1.54, 1.807) is 31.5 Å². The van der Waals surface area contributed by atoms with Crippen LogP contribution >= 0.6 is 0 Å². The highest BCUT2D eigenvalue weighted by Gasteiger charge is 2.19. The monoisotopic (exact) mass is 343 g/mol. The minimum atomic E-state index is -0.383. The first-order valence-corrected chi connectivity index (χ1v) is 7.76. The zero-order chi connectivity index (χ0) is 17.8. The van der Waals surface area contributed by atoms with Crippen LogP contribution in [0.2, 0.25) is 0 Å². The van der Waals surface area contributed by atoms with Crippen LogP contribution in [0.5, 0.6) is 5.75 Å². The van der Waals surface area contributed by atoms with Crippen LogP contribution in [0.15, 0.2) is 41.1 Å². The van der Waals surface area contributed by atoms with Gasteiger partial charge in [0.15, 0.2) is 5.89 Å². The van der Waals surface area contributed by atoms with E-state index in [4.69, 9.17) is 14.9 Å². The third-order valence-corrected chi connectivity index (χ3v) is 3.44. The number of benzene rings is 1. The predicted molar refractivity (Wildman–Crippen MR) is 91.1 cm³/mol. The molecule has 8 heteroatoms. The Bertz CT molecular complexity index is 868. The van der Waals surface area contributed by atoms with Gasteiger partial charge in [0.05, 0.1) is 24.5 Å². The molecular formula is C17H18FN5O2. The number of halogens is 1. The Morgan fingerprint density at radius 2 is 2.12 bits per heavy atom. The largest absolute Gasteiger partial charge is 0.492 e. The molecule has 0 aliphatic carbocycles. The van der Waals surface area contributed by atoms with Crippen molar-refractivity contribution >= 4 is 17.5 Å². The van der Waals surface area contributed by atoms with Gasteiger partial charge in [0.2, 0.25) is 5.95 Å². The number of ether oxygens (including phenoxy) is 1. The molecule has 0 atom stereocenters. The number of nitrogens with two attached hydrogens (primary N) is 1. The third kappa shape index (κ3) is 3.85. The number of hydrogen-bond donors (Lipinski definition) is 1. The van der Waals surface area contributed by atoms with Crippen LogP contribution in [0, 0.1) is 12.7 Å². The van der Waals surface area contributed by atoms with E-state index in [-0.39, 0.29) is 11.8 Å². The molecule has 0 saturated heterocycles. The molecule has 0 aliphatic rings. The highest BCUT2D eigenvalue weighted by molar-refractivity contribution is 5.67. The maximum absolute atomic E-state index is 13.7. The number of aryl methyl sites for hydroxylation is 1. The molecule has 0 saturated carbocycles. The second-order valence-electron chi connectivity index (χ2n) is 5.26. The number of oxazole rings is 1. The van der Waals surface area contributed by atoms with Crippen LogP contribution in [-0.2, 0) is 6.54 Å². The van der Waals surface area contributed by atoms with Crippen molar-refractivity contribution in [3.63, 3.8) is 0 Å². The van der Waals surface area contributed by atoms with E-state index in [2.05, 4.69) is 15.0 Å². The summed E-state index contributed by atoms with van der Waals surface area (Å²) in [5.41, 5.74) is 7.06. The van der Waals surface area contributed by atoms with Crippen molar-refractivity contribution in [2.75, 3.05) is 17.2 Å². The predicted octanol–water partition coefficient (Wildman–Crippen LogP) is 3.23. The molecule has 25 heavy (non-hydrogen) atoms. The van der Waals surface area contributed by atoms with E-state index < -0.39 is 0 Å². The zero-order valence-corrected chi connectivity index (χ0v) is 13.9. The molecule has 130 valence electrons. The molecule has 0 fully saturated rings. The maximum atomic E-state index is 13.7. The molecule has 3 aromatic rings. The summed E-state index contributed by atoms with van der Waals surface area (Å²) in [4.78, 5) is 14.3. The number of nitrogen functional groups attached to an aromatic ring is 1. The highest BCUT2D eigenvalue weighted by atomic mass is 19.1. The van der Waals surface area contributed by atoms with Gasteiger partial charge in [-0.05, 0) is 25.1 Å². The summed E-state index contributed by atoms with van der Waals surface area (Å²) in [6.07, 6.45) is 3.12. The van der Waals surface area contributed by atoms with E-state index in [0.717, 1.165) is 0 Å². The first-order valence-electron chi connectivity index (χ1n) is 7.76. The Kier molecular flexibility index (Phi) is 4.78. The summed E-state index contributed by atoms with van der Waals surface area (Å²) in [7, 11) is 0. The molecule has 0 amide bonds. The lowest BCUT2D eigenvalue weighted by Crippen LogP contribution is -2.20. The first-order chi connectivity index (χ1) is 12.1. The van der Waals surface area contributed by atoms with Crippen LogP contribution in [0.4, 0.5) is 21.8 Å². The van der Waals surface area contributed by atoms with E-state index in [9.17, 15) is 4.39 Å². The van der Waals surface area contributed by atoms with E-state index in [0.29, 0.717) is 42.0 Å². The van der Waals surface area contributed by atoms with Gasteiger partial charge in [-0.15, -0.1) is 0 Å². The standard InChI is InChI=1S/C17H18FN5O2/c1-3-24-15-8-12(18)4-5-14(15)23(9-13-10-25-11(2)21-13)16-6-7-20-17(19)22-16/h4-8,10H,3,9H2,1-2H3,(H2,19,20,22). The lowest BCUT2D eigenvalue weighted by atomic mass is 10.2. The first kappa shape index (κ1) is 16.7. The van der Waals surface area contributed by atoms with Crippen molar-refractivity contribution in [1.82, 2.24) is 15.0 Å². The minimum Gasteiger partial charge on any atom is -0.492 e. The average molecular weight is 343 g/mol. The molecular weight excluding hydrogens is 325 g/mol. The van der Waals surface area contributed by atoms with Crippen molar-refractivity contribution in [3.05, 3.63) is 54.1 Å². The Morgan fingerprint density at radius 1 is 1.28 bits per heavy atom. The molecule has 0 bridgehead atoms. The van der Waals surface area contributed by atoms with Gasteiger partial charge < -0.3 is 19.8 Å². The molecule has 2 aromatic heterocycles. The SMILES string of the molecule is CCOc1cc(F)ccc1N(Cc1coc(C)n1)c1ccnc(N)n1. The second kappa shape index (κ2) is 7.16. The van der Waals surface area contributed by atoms with Crippen molar-refractivity contribution in [2.45, 2.75) is 20.4 Å². The Morgan fingerprint density at radius 3 is 2.80 bits per heavy atom. The normalized spacial score (nSPS) is 10.7.